The van der Waals surface area contributed by atoms with Crippen LogP contribution in [0.1, 0.15) is 40.3 Å². The first kappa shape index (κ1) is 12.9. The fourth-order valence-electron chi connectivity index (χ4n) is 3.03. The molecule has 1 aromatic carbocycles. The Labute approximate surface area is 119 Å². The highest BCUT2D eigenvalue weighted by Gasteiger charge is 2.25. The molecule has 2 unspecified atom stereocenters. The lowest BCUT2D eigenvalue weighted by Gasteiger charge is -2.28. The third kappa shape index (κ3) is 2.60. The van der Waals surface area contributed by atoms with Crippen LogP contribution < -0.4 is 5.73 Å². The van der Waals surface area contributed by atoms with Gasteiger partial charge in [0.1, 0.15) is 0 Å². The summed E-state index contributed by atoms with van der Waals surface area (Å²) in [5.74, 6) is 0.596. The van der Waals surface area contributed by atoms with E-state index < -0.39 is 0 Å². The van der Waals surface area contributed by atoms with Crippen LogP contribution in [0, 0.1) is 5.92 Å². The van der Waals surface area contributed by atoms with Crippen molar-refractivity contribution < 1.29 is 0 Å². The van der Waals surface area contributed by atoms with Crippen LogP contribution in [0.3, 0.4) is 0 Å². The van der Waals surface area contributed by atoms with E-state index >= 15 is 0 Å². The molecule has 0 fully saturated rings. The monoisotopic (exact) mass is 271 g/mol. The van der Waals surface area contributed by atoms with E-state index in [1.165, 1.54) is 33.7 Å². The minimum atomic E-state index is 0.207. The van der Waals surface area contributed by atoms with Gasteiger partial charge in [-0.2, -0.15) is 0 Å². The van der Waals surface area contributed by atoms with Gasteiger partial charge >= 0.3 is 0 Å². The zero-order chi connectivity index (χ0) is 13.2. The Bertz CT molecular complexity index is 558. The highest BCUT2D eigenvalue weighted by atomic mass is 32.1. The van der Waals surface area contributed by atoms with E-state index in [9.17, 15) is 0 Å². The van der Waals surface area contributed by atoms with E-state index in [1.807, 2.05) is 11.3 Å². The molecule has 0 bridgehead atoms. The Hall–Kier alpha value is -1.12. The summed E-state index contributed by atoms with van der Waals surface area (Å²) >= 11 is 1.89. The van der Waals surface area contributed by atoms with E-state index in [0.717, 1.165) is 12.8 Å². The van der Waals surface area contributed by atoms with Crippen molar-refractivity contribution in [2.75, 3.05) is 0 Å². The quantitative estimate of drug-likeness (QED) is 0.893. The van der Waals surface area contributed by atoms with Gasteiger partial charge in [-0.15, -0.1) is 11.3 Å². The van der Waals surface area contributed by atoms with Crippen molar-refractivity contribution in [3.05, 3.63) is 57.3 Å². The summed E-state index contributed by atoms with van der Waals surface area (Å²) in [6, 6.07) is 13.5. The van der Waals surface area contributed by atoms with Crippen molar-refractivity contribution in [3.63, 3.8) is 0 Å². The van der Waals surface area contributed by atoms with Gasteiger partial charge in [-0.05, 0) is 54.9 Å². The highest BCUT2D eigenvalue weighted by molar-refractivity contribution is 7.12. The number of thiophene rings is 1. The Morgan fingerprint density at radius 3 is 2.74 bits per heavy atom. The van der Waals surface area contributed by atoms with Crippen molar-refractivity contribution in [1.29, 1.82) is 0 Å². The van der Waals surface area contributed by atoms with Gasteiger partial charge in [0.05, 0.1) is 0 Å². The maximum Gasteiger partial charge on any atom is 0.0421 e. The predicted molar refractivity (Wildman–Crippen MR) is 82.6 cm³/mol. The van der Waals surface area contributed by atoms with Crippen LogP contribution in [0.4, 0.5) is 0 Å². The number of aryl methyl sites for hydroxylation is 2. The standard InChI is InChI=1S/C17H21NS/c1-2-15-9-10-16(19-15)17(18)14-8-7-12-5-3-4-6-13(12)11-14/h3-6,9-10,14,17H,2,7-8,11,18H2,1H3. The molecule has 0 amide bonds. The molecule has 1 nitrogen and oxygen atoms in total. The zero-order valence-electron chi connectivity index (χ0n) is 11.4. The fraction of sp³-hybridized carbons (Fsp3) is 0.412. The molecule has 0 spiro atoms. The average molecular weight is 271 g/mol. The summed E-state index contributed by atoms with van der Waals surface area (Å²) < 4.78 is 0. The lowest BCUT2D eigenvalue weighted by atomic mass is 9.80. The molecule has 1 aliphatic rings. The number of nitrogens with two attached hydrogens (primary N) is 1. The van der Waals surface area contributed by atoms with E-state index in [2.05, 4.69) is 43.3 Å². The normalized spacial score (nSPS) is 20.0. The van der Waals surface area contributed by atoms with Crippen molar-refractivity contribution in [3.8, 4) is 0 Å². The number of rotatable bonds is 3. The van der Waals surface area contributed by atoms with Gasteiger partial charge in [0.2, 0.25) is 0 Å². The minimum absolute atomic E-state index is 0.207. The molecule has 1 aliphatic carbocycles. The topological polar surface area (TPSA) is 26.0 Å². The molecule has 0 aliphatic heterocycles. The summed E-state index contributed by atoms with van der Waals surface area (Å²) in [6.07, 6.45) is 4.65. The third-order valence-electron chi connectivity index (χ3n) is 4.25. The van der Waals surface area contributed by atoms with Crippen LogP contribution in [0.15, 0.2) is 36.4 Å². The van der Waals surface area contributed by atoms with E-state index in [4.69, 9.17) is 5.73 Å². The van der Waals surface area contributed by atoms with Gasteiger partial charge < -0.3 is 5.73 Å². The van der Waals surface area contributed by atoms with Crippen LogP contribution in [0.2, 0.25) is 0 Å². The summed E-state index contributed by atoms with van der Waals surface area (Å²) in [5.41, 5.74) is 9.53. The minimum Gasteiger partial charge on any atom is -0.323 e. The second kappa shape index (κ2) is 5.48. The summed E-state index contributed by atoms with van der Waals surface area (Å²) in [7, 11) is 0. The molecule has 0 saturated heterocycles. The van der Waals surface area contributed by atoms with Gasteiger partial charge in [-0.3, -0.25) is 0 Å². The van der Waals surface area contributed by atoms with Gasteiger partial charge in [0.15, 0.2) is 0 Å². The zero-order valence-corrected chi connectivity index (χ0v) is 12.2. The molecular weight excluding hydrogens is 250 g/mol. The molecule has 0 radical (unpaired) electrons. The predicted octanol–water partition coefficient (Wildman–Crippen LogP) is 4.12. The summed E-state index contributed by atoms with van der Waals surface area (Å²) in [6.45, 7) is 2.21. The van der Waals surface area contributed by atoms with Gasteiger partial charge in [0, 0.05) is 15.8 Å². The number of hydrogen-bond acceptors (Lipinski definition) is 2. The second-order valence-corrected chi connectivity index (χ2v) is 6.65. The maximum atomic E-state index is 6.51. The van der Waals surface area contributed by atoms with Gasteiger partial charge in [-0.1, -0.05) is 31.2 Å². The molecule has 2 aromatic rings. The lowest BCUT2D eigenvalue weighted by molar-refractivity contribution is 0.386. The first-order chi connectivity index (χ1) is 9.28. The molecule has 3 rings (SSSR count). The molecule has 19 heavy (non-hydrogen) atoms. The van der Waals surface area contributed by atoms with Crippen molar-refractivity contribution in [2.45, 2.75) is 38.6 Å². The van der Waals surface area contributed by atoms with Crippen molar-refractivity contribution in [1.82, 2.24) is 0 Å². The molecule has 2 N–H and O–H groups in total. The lowest BCUT2D eigenvalue weighted by Crippen LogP contribution is -2.26. The molecule has 0 saturated carbocycles. The second-order valence-electron chi connectivity index (χ2n) is 5.46. The Kier molecular flexibility index (Phi) is 3.72. The Morgan fingerprint density at radius 2 is 2.00 bits per heavy atom. The summed E-state index contributed by atoms with van der Waals surface area (Å²) in [4.78, 5) is 2.81. The average Bonchev–Trinajstić information content (AvgIpc) is 2.95. The highest BCUT2D eigenvalue weighted by Crippen LogP contribution is 2.35. The van der Waals surface area contributed by atoms with Crippen LogP contribution in [0.5, 0.6) is 0 Å². The summed E-state index contributed by atoms with van der Waals surface area (Å²) in [5, 5.41) is 0. The third-order valence-corrected chi connectivity index (χ3v) is 5.58. The maximum absolute atomic E-state index is 6.51. The van der Waals surface area contributed by atoms with E-state index in [-0.39, 0.29) is 6.04 Å². The SMILES string of the molecule is CCc1ccc(C(N)C2CCc3ccccc3C2)s1. The first-order valence-corrected chi connectivity index (χ1v) is 8.00. The first-order valence-electron chi connectivity index (χ1n) is 7.19. The van der Waals surface area contributed by atoms with E-state index in [0.29, 0.717) is 5.92 Å². The van der Waals surface area contributed by atoms with E-state index in [1.54, 1.807) is 0 Å². The number of fused-ring (bicyclic) bond motifs is 1. The van der Waals surface area contributed by atoms with Gasteiger partial charge in [0.25, 0.3) is 0 Å². The molecule has 1 heterocycles. The van der Waals surface area contributed by atoms with Crippen molar-refractivity contribution in [2.24, 2.45) is 11.7 Å². The van der Waals surface area contributed by atoms with Crippen LogP contribution in [0.25, 0.3) is 0 Å². The Morgan fingerprint density at radius 1 is 1.21 bits per heavy atom. The van der Waals surface area contributed by atoms with Crippen LogP contribution in [-0.2, 0) is 19.3 Å². The van der Waals surface area contributed by atoms with Crippen LogP contribution >= 0.6 is 11.3 Å². The fourth-order valence-corrected chi connectivity index (χ4v) is 4.08. The van der Waals surface area contributed by atoms with Gasteiger partial charge in [-0.25, -0.2) is 0 Å². The molecule has 2 heteroatoms. The molecular formula is C17H21NS. The molecule has 2 atom stereocenters. The smallest absolute Gasteiger partial charge is 0.0421 e. The molecule has 100 valence electrons. The number of benzene rings is 1. The van der Waals surface area contributed by atoms with Crippen LogP contribution in [-0.4, -0.2) is 0 Å². The molecule has 1 aromatic heterocycles. The largest absolute Gasteiger partial charge is 0.323 e. The Balaban J connectivity index is 1.77. The number of hydrogen-bond donors (Lipinski definition) is 1. The van der Waals surface area contributed by atoms with Crippen molar-refractivity contribution >= 4 is 11.3 Å².